The summed E-state index contributed by atoms with van der Waals surface area (Å²) in [5.74, 6) is -0.153. The third-order valence-corrected chi connectivity index (χ3v) is 5.04. The van der Waals surface area contributed by atoms with Gasteiger partial charge in [0.05, 0.1) is 12.0 Å². The van der Waals surface area contributed by atoms with E-state index in [0.717, 1.165) is 24.9 Å². The minimum Gasteiger partial charge on any atom is -0.349 e. The molecule has 0 saturated carbocycles. The molecular formula is C19H28ClN3O2. The highest BCUT2D eigenvalue weighted by atomic mass is 35.5. The minimum absolute atomic E-state index is 0.00419. The van der Waals surface area contributed by atoms with Crippen LogP contribution >= 0.6 is 11.6 Å². The number of nitrogens with zero attached hydrogens (tertiary/aromatic N) is 2. The van der Waals surface area contributed by atoms with Crippen LogP contribution in [0.15, 0.2) is 24.3 Å². The van der Waals surface area contributed by atoms with Crippen LogP contribution < -0.4 is 5.32 Å². The maximum absolute atomic E-state index is 12.6. The van der Waals surface area contributed by atoms with Crippen LogP contribution in [-0.2, 0) is 4.79 Å². The Labute approximate surface area is 155 Å². The van der Waals surface area contributed by atoms with Gasteiger partial charge in [-0.15, -0.1) is 0 Å². The van der Waals surface area contributed by atoms with Crippen molar-refractivity contribution >= 4 is 23.5 Å². The summed E-state index contributed by atoms with van der Waals surface area (Å²) < 4.78 is 0. The van der Waals surface area contributed by atoms with E-state index in [1.54, 1.807) is 4.90 Å². The Morgan fingerprint density at radius 3 is 2.72 bits per heavy atom. The zero-order valence-corrected chi connectivity index (χ0v) is 16.1. The highest BCUT2D eigenvalue weighted by molar-refractivity contribution is 6.30. The number of hydrogen-bond donors (Lipinski definition) is 1. The summed E-state index contributed by atoms with van der Waals surface area (Å²) in [4.78, 5) is 28.8. The molecule has 1 aliphatic heterocycles. The van der Waals surface area contributed by atoms with E-state index in [-0.39, 0.29) is 23.9 Å². The van der Waals surface area contributed by atoms with Crippen molar-refractivity contribution in [2.75, 3.05) is 26.2 Å². The number of amides is 3. The molecule has 1 N–H and O–H groups in total. The first-order chi connectivity index (χ1) is 12.0. The van der Waals surface area contributed by atoms with Gasteiger partial charge in [-0.3, -0.25) is 4.79 Å². The zero-order chi connectivity index (χ0) is 18.4. The van der Waals surface area contributed by atoms with Gasteiger partial charge >= 0.3 is 6.03 Å². The lowest BCUT2D eigenvalue weighted by Gasteiger charge is -2.35. The number of nitrogens with one attached hydrogen (secondary N) is 1. The summed E-state index contributed by atoms with van der Waals surface area (Å²) in [7, 11) is 0. The lowest BCUT2D eigenvalue weighted by molar-refractivity contribution is -0.127. The monoisotopic (exact) mass is 365 g/mol. The van der Waals surface area contributed by atoms with Crippen molar-refractivity contribution in [2.45, 2.75) is 39.7 Å². The Kier molecular flexibility index (Phi) is 7.12. The van der Waals surface area contributed by atoms with Gasteiger partial charge in [0.15, 0.2) is 0 Å². The minimum atomic E-state index is -0.158. The number of likely N-dealkylation sites (tertiary alicyclic amines) is 1. The fourth-order valence-electron chi connectivity index (χ4n) is 3.25. The molecule has 0 spiro atoms. The number of urea groups is 1. The van der Waals surface area contributed by atoms with Crippen LogP contribution in [0, 0.1) is 5.92 Å². The largest absolute Gasteiger partial charge is 0.349 e. The summed E-state index contributed by atoms with van der Waals surface area (Å²) >= 11 is 6.02. The van der Waals surface area contributed by atoms with Gasteiger partial charge in [0.25, 0.3) is 0 Å². The highest BCUT2D eigenvalue weighted by Gasteiger charge is 2.30. The van der Waals surface area contributed by atoms with Crippen LogP contribution in [-0.4, -0.2) is 47.9 Å². The van der Waals surface area contributed by atoms with Crippen molar-refractivity contribution in [3.05, 3.63) is 34.9 Å². The second-order valence-electron chi connectivity index (χ2n) is 6.53. The second-order valence-corrected chi connectivity index (χ2v) is 6.96. The van der Waals surface area contributed by atoms with Crippen LogP contribution in [0.1, 0.15) is 45.2 Å². The van der Waals surface area contributed by atoms with Crippen LogP contribution in [0.3, 0.4) is 0 Å². The SMILES string of the molecule is CCN(CC)C(=O)N1CCC[C@H](C(=O)N[C@H](C)c2cccc(Cl)c2)C1. The molecule has 2 atom stereocenters. The van der Waals surface area contributed by atoms with E-state index < -0.39 is 0 Å². The molecule has 0 bridgehead atoms. The quantitative estimate of drug-likeness (QED) is 0.865. The molecule has 1 fully saturated rings. The van der Waals surface area contributed by atoms with Crippen molar-refractivity contribution in [3.63, 3.8) is 0 Å². The number of benzene rings is 1. The molecule has 1 saturated heterocycles. The van der Waals surface area contributed by atoms with Crippen LogP contribution in [0.2, 0.25) is 5.02 Å². The number of hydrogen-bond acceptors (Lipinski definition) is 2. The fraction of sp³-hybridized carbons (Fsp3) is 0.579. The average Bonchev–Trinajstić information content (AvgIpc) is 2.62. The Morgan fingerprint density at radius 1 is 1.36 bits per heavy atom. The van der Waals surface area contributed by atoms with Crippen molar-refractivity contribution in [1.29, 1.82) is 0 Å². The third-order valence-electron chi connectivity index (χ3n) is 4.80. The predicted molar refractivity (Wildman–Crippen MR) is 101 cm³/mol. The van der Waals surface area contributed by atoms with Crippen LogP contribution in [0.5, 0.6) is 0 Å². The van der Waals surface area contributed by atoms with Gasteiger partial charge in [-0.2, -0.15) is 0 Å². The fourth-order valence-corrected chi connectivity index (χ4v) is 3.45. The topological polar surface area (TPSA) is 52.7 Å². The summed E-state index contributed by atoms with van der Waals surface area (Å²) in [5, 5.41) is 3.72. The lowest BCUT2D eigenvalue weighted by atomic mass is 9.96. The normalized spacial score (nSPS) is 18.6. The van der Waals surface area contributed by atoms with Crippen LogP contribution in [0.4, 0.5) is 4.79 Å². The van der Waals surface area contributed by atoms with E-state index in [2.05, 4.69) is 5.32 Å². The maximum atomic E-state index is 12.6. The van der Waals surface area contributed by atoms with Crippen LogP contribution in [0.25, 0.3) is 0 Å². The van der Waals surface area contributed by atoms with Gasteiger partial charge in [-0.05, 0) is 51.3 Å². The molecule has 5 nitrogen and oxygen atoms in total. The first kappa shape index (κ1) is 19.6. The Balaban J connectivity index is 1.96. The lowest BCUT2D eigenvalue weighted by Crippen LogP contribution is -2.50. The Bertz CT molecular complexity index is 604. The summed E-state index contributed by atoms with van der Waals surface area (Å²) in [6.07, 6.45) is 1.67. The van der Waals surface area contributed by atoms with Crippen molar-refractivity contribution in [2.24, 2.45) is 5.92 Å². The molecule has 0 unspecified atom stereocenters. The standard InChI is InChI=1S/C19H28ClN3O2/c1-4-22(5-2)19(25)23-11-7-9-16(13-23)18(24)21-14(3)15-8-6-10-17(20)12-15/h6,8,10,12,14,16H,4-5,7,9,11,13H2,1-3H3,(H,21,24)/t14-,16+/m1/s1. The first-order valence-electron chi connectivity index (χ1n) is 9.05. The van der Waals surface area contributed by atoms with Crippen molar-refractivity contribution in [1.82, 2.24) is 15.1 Å². The smallest absolute Gasteiger partial charge is 0.320 e. The number of carbonyl (C=O) groups excluding carboxylic acids is 2. The Morgan fingerprint density at radius 2 is 2.08 bits per heavy atom. The zero-order valence-electron chi connectivity index (χ0n) is 15.3. The predicted octanol–water partition coefficient (Wildman–Crippen LogP) is 3.69. The molecule has 0 aliphatic carbocycles. The van der Waals surface area contributed by atoms with Gasteiger partial charge in [-0.1, -0.05) is 23.7 Å². The summed E-state index contributed by atoms with van der Waals surface area (Å²) in [5.41, 5.74) is 0.979. The van der Waals surface area contributed by atoms with Gasteiger partial charge in [0.2, 0.25) is 5.91 Å². The van der Waals surface area contributed by atoms with E-state index in [0.29, 0.717) is 24.7 Å². The molecule has 1 aromatic rings. The van der Waals surface area contributed by atoms with Crippen molar-refractivity contribution < 1.29 is 9.59 Å². The molecule has 3 amide bonds. The van der Waals surface area contributed by atoms with Gasteiger partial charge < -0.3 is 15.1 Å². The summed E-state index contributed by atoms with van der Waals surface area (Å²) in [6, 6.07) is 7.44. The molecule has 1 heterocycles. The van der Waals surface area contributed by atoms with Crippen molar-refractivity contribution in [3.8, 4) is 0 Å². The Hall–Kier alpha value is -1.75. The van der Waals surface area contributed by atoms with E-state index in [9.17, 15) is 9.59 Å². The third kappa shape index (κ3) is 5.11. The van der Waals surface area contributed by atoms with Gasteiger partial charge in [0.1, 0.15) is 0 Å². The number of rotatable bonds is 5. The average molecular weight is 366 g/mol. The molecule has 25 heavy (non-hydrogen) atoms. The van der Waals surface area contributed by atoms with E-state index >= 15 is 0 Å². The van der Waals surface area contributed by atoms with Gasteiger partial charge in [-0.25, -0.2) is 4.79 Å². The van der Waals surface area contributed by atoms with E-state index in [1.165, 1.54) is 0 Å². The molecule has 6 heteroatoms. The molecule has 138 valence electrons. The number of carbonyl (C=O) groups is 2. The summed E-state index contributed by atoms with van der Waals surface area (Å²) in [6.45, 7) is 8.49. The molecular weight excluding hydrogens is 338 g/mol. The first-order valence-corrected chi connectivity index (χ1v) is 9.43. The second kappa shape index (κ2) is 9.09. The van der Waals surface area contributed by atoms with Gasteiger partial charge in [0, 0.05) is 31.2 Å². The maximum Gasteiger partial charge on any atom is 0.320 e. The molecule has 1 aromatic carbocycles. The number of halogens is 1. The molecule has 2 rings (SSSR count). The van der Waals surface area contributed by atoms with E-state index in [1.807, 2.05) is 49.9 Å². The molecule has 0 radical (unpaired) electrons. The molecule has 0 aromatic heterocycles. The molecule has 1 aliphatic rings. The van der Waals surface area contributed by atoms with E-state index in [4.69, 9.17) is 11.6 Å². The highest BCUT2D eigenvalue weighted by Crippen LogP contribution is 2.21. The number of piperidine rings is 1.